The second kappa shape index (κ2) is 5.75. The Morgan fingerprint density at radius 2 is 1.95 bits per heavy atom. The summed E-state index contributed by atoms with van der Waals surface area (Å²) in [6, 6.07) is 6.36. The van der Waals surface area contributed by atoms with Crippen molar-refractivity contribution in [3.05, 3.63) is 41.7 Å². The zero-order chi connectivity index (χ0) is 13.8. The molecule has 1 unspecified atom stereocenters. The normalized spacial score (nSPS) is 12.7. The topological polar surface area (TPSA) is 52.0 Å². The van der Waals surface area contributed by atoms with E-state index in [1.54, 1.807) is 37.1 Å². The Morgan fingerprint density at radius 3 is 2.42 bits per heavy atom. The summed E-state index contributed by atoms with van der Waals surface area (Å²) in [6.07, 6.45) is 1.66. The van der Waals surface area contributed by atoms with E-state index in [9.17, 15) is 8.78 Å². The Kier molecular flexibility index (Phi) is 4.06. The molecule has 0 saturated carbocycles. The van der Waals surface area contributed by atoms with Crippen molar-refractivity contribution in [3.63, 3.8) is 0 Å². The van der Waals surface area contributed by atoms with E-state index < -0.39 is 6.61 Å². The molecule has 7 heteroatoms. The zero-order valence-corrected chi connectivity index (χ0v) is 10.5. The molecular weight excluding hydrogens is 254 g/mol. The number of hydrogen-bond donors (Lipinski definition) is 1. The number of rotatable bonds is 5. The van der Waals surface area contributed by atoms with E-state index >= 15 is 0 Å². The van der Waals surface area contributed by atoms with Crippen LogP contribution in [0.15, 0.2) is 30.5 Å². The summed E-state index contributed by atoms with van der Waals surface area (Å²) in [5.74, 6) is 0.136. The lowest BCUT2D eigenvalue weighted by Crippen LogP contribution is -2.20. The van der Waals surface area contributed by atoms with Crippen molar-refractivity contribution in [1.29, 1.82) is 0 Å². The van der Waals surface area contributed by atoms with E-state index in [0.717, 1.165) is 11.3 Å². The van der Waals surface area contributed by atoms with Crippen LogP contribution in [-0.4, -0.2) is 28.7 Å². The minimum atomic E-state index is -2.81. The Labute approximate surface area is 109 Å². The van der Waals surface area contributed by atoms with Crippen molar-refractivity contribution >= 4 is 0 Å². The van der Waals surface area contributed by atoms with Crippen molar-refractivity contribution in [2.45, 2.75) is 12.7 Å². The predicted octanol–water partition coefficient (Wildman–Crippen LogP) is 1.73. The van der Waals surface area contributed by atoms with Gasteiger partial charge in [0, 0.05) is 7.05 Å². The Morgan fingerprint density at radius 1 is 1.26 bits per heavy atom. The van der Waals surface area contributed by atoms with Crippen molar-refractivity contribution in [1.82, 2.24) is 20.3 Å². The van der Waals surface area contributed by atoms with Crippen molar-refractivity contribution in [2.24, 2.45) is 7.05 Å². The SMILES string of the molecule is CNC(c1ccc(OC(F)F)cc1)c1cnnn1C. The molecule has 1 N–H and O–H groups in total. The molecule has 2 rings (SSSR count). The van der Waals surface area contributed by atoms with Gasteiger partial charge in [-0.1, -0.05) is 17.3 Å². The lowest BCUT2D eigenvalue weighted by molar-refractivity contribution is -0.0498. The number of ether oxygens (including phenoxy) is 1. The van der Waals surface area contributed by atoms with E-state index in [4.69, 9.17) is 0 Å². The van der Waals surface area contributed by atoms with Crippen LogP contribution in [0, 0.1) is 0 Å². The molecule has 0 aliphatic heterocycles. The van der Waals surface area contributed by atoms with Crippen LogP contribution >= 0.6 is 0 Å². The molecule has 0 aliphatic carbocycles. The molecule has 0 radical (unpaired) electrons. The average molecular weight is 268 g/mol. The molecule has 0 amide bonds. The molecule has 1 aromatic heterocycles. The van der Waals surface area contributed by atoms with E-state index in [2.05, 4.69) is 20.4 Å². The number of nitrogens with zero attached hydrogens (tertiary/aromatic N) is 3. The maximum Gasteiger partial charge on any atom is 0.387 e. The second-order valence-corrected chi connectivity index (χ2v) is 3.95. The molecule has 0 bridgehead atoms. The molecule has 1 heterocycles. The summed E-state index contributed by atoms with van der Waals surface area (Å²) in [4.78, 5) is 0. The first kappa shape index (κ1) is 13.4. The van der Waals surface area contributed by atoms with Gasteiger partial charge >= 0.3 is 6.61 Å². The number of alkyl halides is 2. The first-order chi connectivity index (χ1) is 9.11. The monoisotopic (exact) mass is 268 g/mol. The molecular formula is C12H14F2N4O. The highest BCUT2D eigenvalue weighted by molar-refractivity contribution is 5.32. The molecule has 0 saturated heterocycles. The molecule has 1 aromatic carbocycles. The van der Waals surface area contributed by atoms with Crippen LogP contribution in [0.25, 0.3) is 0 Å². The van der Waals surface area contributed by atoms with Crippen molar-refractivity contribution < 1.29 is 13.5 Å². The summed E-state index contributed by atoms with van der Waals surface area (Å²) < 4.78 is 30.1. The third-order valence-corrected chi connectivity index (χ3v) is 2.77. The van der Waals surface area contributed by atoms with Crippen LogP contribution in [0.3, 0.4) is 0 Å². The fraction of sp³-hybridized carbons (Fsp3) is 0.333. The van der Waals surface area contributed by atoms with Crippen LogP contribution in [0.4, 0.5) is 8.78 Å². The van der Waals surface area contributed by atoms with Gasteiger partial charge in [0.1, 0.15) is 5.75 Å². The van der Waals surface area contributed by atoms with Gasteiger partial charge in [-0.3, -0.25) is 4.68 Å². The van der Waals surface area contributed by atoms with E-state index in [0.29, 0.717) is 0 Å². The number of hydrogen-bond acceptors (Lipinski definition) is 4. The number of benzene rings is 1. The highest BCUT2D eigenvalue weighted by Crippen LogP contribution is 2.23. The molecule has 5 nitrogen and oxygen atoms in total. The Hall–Kier alpha value is -2.02. The lowest BCUT2D eigenvalue weighted by atomic mass is 10.0. The van der Waals surface area contributed by atoms with Gasteiger partial charge in [0.15, 0.2) is 0 Å². The Bertz CT molecular complexity index is 527. The average Bonchev–Trinajstić information content (AvgIpc) is 2.78. The summed E-state index contributed by atoms with van der Waals surface area (Å²) in [5.41, 5.74) is 1.79. The largest absolute Gasteiger partial charge is 0.435 e. The zero-order valence-electron chi connectivity index (χ0n) is 10.5. The van der Waals surface area contributed by atoms with Crippen LogP contribution in [-0.2, 0) is 7.05 Å². The second-order valence-electron chi connectivity index (χ2n) is 3.95. The summed E-state index contributed by atoms with van der Waals surface area (Å²) >= 11 is 0. The van der Waals surface area contributed by atoms with Crippen LogP contribution in [0.2, 0.25) is 0 Å². The summed E-state index contributed by atoms with van der Waals surface area (Å²) in [6.45, 7) is -2.81. The summed E-state index contributed by atoms with van der Waals surface area (Å²) in [7, 11) is 3.60. The highest BCUT2D eigenvalue weighted by Gasteiger charge is 2.16. The number of aromatic nitrogens is 3. The van der Waals surface area contributed by atoms with Gasteiger partial charge in [-0.05, 0) is 24.7 Å². The lowest BCUT2D eigenvalue weighted by Gasteiger charge is -2.16. The van der Waals surface area contributed by atoms with Crippen molar-refractivity contribution in [2.75, 3.05) is 7.05 Å². The predicted molar refractivity (Wildman–Crippen MR) is 65.0 cm³/mol. The standard InChI is InChI=1S/C12H14F2N4O/c1-15-11(10-7-16-17-18(10)2)8-3-5-9(6-4-8)19-12(13)14/h3-7,11-12,15H,1-2H3. The highest BCUT2D eigenvalue weighted by atomic mass is 19.3. The first-order valence-electron chi connectivity index (χ1n) is 5.68. The van der Waals surface area contributed by atoms with E-state index in [1.165, 1.54) is 12.1 Å². The van der Waals surface area contributed by atoms with Gasteiger partial charge < -0.3 is 10.1 Å². The molecule has 0 spiro atoms. The van der Waals surface area contributed by atoms with Gasteiger partial charge in [-0.25, -0.2) is 0 Å². The fourth-order valence-electron chi connectivity index (χ4n) is 1.89. The molecule has 19 heavy (non-hydrogen) atoms. The van der Waals surface area contributed by atoms with Gasteiger partial charge in [0.05, 0.1) is 17.9 Å². The maximum absolute atomic E-state index is 12.1. The van der Waals surface area contributed by atoms with Crippen LogP contribution in [0.5, 0.6) is 5.75 Å². The third kappa shape index (κ3) is 3.05. The molecule has 0 aliphatic rings. The van der Waals surface area contributed by atoms with Gasteiger partial charge in [0.2, 0.25) is 0 Å². The fourth-order valence-corrected chi connectivity index (χ4v) is 1.89. The van der Waals surface area contributed by atoms with E-state index in [-0.39, 0.29) is 11.8 Å². The Balaban J connectivity index is 2.22. The van der Waals surface area contributed by atoms with Crippen LogP contribution < -0.4 is 10.1 Å². The molecule has 102 valence electrons. The summed E-state index contributed by atoms with van der Waals surface area (Å²) in [5, 5.41) is 10.8. The smallest absolute Gasteiger partial charge is 0.387 e. The maximum atomic E-state index is 12.1. The minimum Gasteiger partial charge on any atom is -0.435 e. The quantitative estimate of drug-likeness (QED) is 0.897. The van der Waals surface area contributed by atoms with Gasteiger partial charge in [-0.15, -0.1) is 5.10 Å². The van der Waals surface area contributed by atoms with Gasteiger partial charge in [-0.2, -0.15) is 8.78 Å². The molecule has 0 fully saturated rings. The third-order valence-electron chi connectivity index (χ3n) is 2.77. The number of aryl methyl sites for hydroxylation is 1. The van der Waals surface area contributed by atoms with E-state index in [1.807, 2.05) is 0 Å². The minimum absolute atomic E-state index is 0.111. The first-order valence-corrected chi connectivity index (χ1v) is 5.68. The number of nitrogens with one attached hydrogen (secondary N) is 1. The van der Waals surface area contributed by atoms with Crippen molar-refractivity contribution in [3.8, 4) is 5.75 Å². The molecule has 1 atom stereocenters. The van der Waals surface area contributed by atoms with Crippen LogP contribution in [0.1, 0.15) is 17.3 Å². The van der Waals surface area contributed by atoms with Gasteiger partial charge in [0.25, 0.3) is 0 Å². The molecule has 2 aromatic rings. The number of halogens is 2.